The van der Waals surface area contributed by atoms with Crippen LogP contribution >= 0.6 is 0 Å². The van der Waals surface area contributed by atoms with E-state index in [4.69, 9.17) is 9.57 Å². The van der Waals surface area contributed by atoms with Gasteiger partial charge in [-0.3, -0.25) is 13.9 Å². The maximum absolute atomic E-state index is 12.3. The Morgan fingerprint density at radius 2 is 2.00 bits per heavy atom. The smallest absolute Gasteiger partial charge is 0.279 e. The van der Waals surface area contributed by atoms with Crippen LogP contribution in [0.4, 0.5) is 5.69 Å². The van der Waals surface area contributed by atoms with E-state index >= 15 is 0 Å². The first kappa shape index (κ1) is 16.8. The van der Waals surface area contributed by atoms with E-state index in [-0.39, 0.29) is 5.91 Å². The zero-order valence-electron chi connectivity index (χ0n) is 13.2. The van der Waals surface area contributed by atoms with E-state index in [1.165, 1.54) is 21.3 Å². The molecule has 7 heteroatoms. The molecule has 0 radical (unpaired) electrons. The van der Waals surface area contributed by atoms with Crippen molar-refractivity contribution in [1.82, 2.24) is 5.06 Å². The molecule has 0 spiro atoms. The Hall–Kier alpha value is -1.57. The molecule has 1 heterocycles. The average Bonchev–Trinajstić information content (AvgIpc) is 2.87. The SMILES string of the molecule is C=S1(=O)CCCN1c1ccc(C(OC)C(=O)N(C)OC)cc1. The number of nitrogens with zero attached hydrogens (tertiary/aromatic N) is 2. The third kappa shape index (κ3) is 3.26. The van der Waals surface area contributed by atoms with Crippen LogP contribution in [0.25, 0.3) is 0 Å². The molecule has 1 aromatic carbocycles. The van der Waals surface area contributed by atoms with Crippen LogP contribution in [0.3, 0.4) is 0 Å². The highest BCUT2D eigenvalue weighted by atomic mass is 32.2. The highest BCUT2D eigenvalue weighted by molar-refractivity contribution is 8.01. The Balaban J connectivity index is 2.22. The second-order valence-electron chi connectivity index (χ2n) is 5.16. The van der Waals surface area contributed by atoms with Crippen molar-refractivity contribution in [3.05, 3.63) is 29.8 Å². The molecule has 1 saturated heterocycles. The van der Waals surface area contributed by atoms with Gasteiger partial charge in [0.1, 0.15) is 0 Å². The number of anilines is 1. The molecular formula is C15H22N2O4S. The number of hydrogen-bond donors (Lipinski definition) is 0. The van der Waals surface area contributed by atoms with Crippen molar-refractivity contribution in [3.63, 3.8) is 0 Å². The van der Waals surface area contributed by atoms with Crippen LogP contribution in [0.1, 0.15) is 18.1 Å². The first-order valence-corrected chi connectivity index (χ1v) is 8.83. The predicted octanol–water partition coefficient (Wildman–Crippen LogP) is 1.24. The van der Waals surface area contributed by atoms with Crippen molar-refractivity contribution in [2.24, 2.45) is 0 Å². The molecule has 1 aromatic rings. The van der Waals surface area contributed by atoms with E-state index in [1.807, 2.05) is 16.4 Å². The number of carbonyl (C=O) groups is 1. The van der Waals surface area contributed by atoms with Crippen molar-refractivity contribution in [3.8, 4) is 0 Å². The summed E-state index contributed by atoms with van der Waals surface area (Å²) in [4.78, 5) is 17.1. The minimum Gasteiger partial charge on any atom is -0.367 e. The van der Waals surface area contributed by atoms with Gasteiger partial charge in [-0.25, -0.2) is 9.27 Å². The summed E-state index contributed by atoms with van der Waals surface area (Å²) >= 11 is 0. The minimum atomic E-state index is -2.21. The molecule has 0 aromatic heterocycles. The molecule has 122 valence electrons. The summed E-state index contributed by atoms with van der Waals surface area (Å²) in [6.07, 6.45) is 0.142. The molecule has 2 rings (SSSR count). The average molecular weight is 326 g/mol. The maximum atomic E-state index is 12.3. The van der Waals surface area contributed by atoms with Gasteiger partial charge in [0, 0.05) is 41.9 Å². The van der Waals surface area contributed by atoms with Crippen molar-refractivity contribution in [2.45, 2.75) is 12.5 Å². The predicted molar refractivity (Wildman–Crippen MR) is 88.1 cm³/mol. The quantitative estimate of drug-likeness (QED) is 0.603. The number of hydroxylamine groups is 2. The Morgan fingerprint density at radius 3 is 2.45 bits per heavy atom. The highest BCUT2D eigenvalue weighted by Crippen LogP contribution is 2.27. The Kier molecular flexibility index (Phi) is 5.10. The summed E-state index contributed by atoms with van der Waals surface area (Å²) in [6, 6.07) is 7.30. The van der Waals surface area contributed by atoms with Crippen molar-refractivity contribution >= 4 is 27.2 Å². The summed E-state index contributed by atoms with van der Waals surface area (Å²) < 4.78 is 19.5. The van der Waals surface area contributed by atoms with Crippen LogP contribution < -0.4 is 4.31 Å². The lowest BCUT2D eigenvalue weighted by Gasteiger charge is -2.23. The number of hydrogen-bond acceptors (Lipinski definition) is 4. The van der Waals surface area contributed by atoms with Gasteiger partial charge in [0.25, 0.3) is 5.91 Å². The molecule has 0 saturated carbocycles. The van der Waals surface area contributed by atoms with Crippen molar-refractivity contribution < 1.29 is 18.6 Å². The van der Waals surface area contributed by atoms with Gasteiger partial charge in [0.15, 0.2) is 6.10 Å². The van der Waals surface area contributed by atoms with Crippen LogP contribution in [-0.4, -0.2) is 54.6 Å². The van der Waals surface area contributed by atoms with Gasteiger partial charge in [-0.05, 0) is 30.0 Å². The molecule has 1 aliphatic rings. The zero-order chi connectivity index (χ0) is 16.3. The topological polar surface area (TPSA) is 59.1 Å². The van der Waals surface area contributed by atoms with Gasteiger partial charge < -0.3 is 4.74 Å². The number of rotatable bonds is 5. The maximum Gasteiger partial charge on any atom is 0.279 e. The molecule has 22 heavy (non-hydrogen) atoms. The van der Waals surface area contributed by atoms with Gasteiger partial charge in [0.2, 0.25) is 0 Å². The van der Waals surface area contributed by atoms with E-state index in [0.29, 0.717) is 5.75 Å². The van der Waals surface area contributed by atoms with E-state index < -0.39 is 15.8 Å². The Labute approximate surface area is 131 Å². The van der Waals surface area contributed by atoms with Crippen LogP contribution in [0.15, 0.2) is 24.3 Å². The molecule has 1 fully saturated rings. The van der Waals surface area contributed by atoms with Gasteiger partial charge in [-0.1, -0.05) is 12.1 Å². The minimum absolute atomic E-state index is 0.292. The summed E-state index contributed by atoms with van der Waals surface area (Å²) in [7, 11) is 2.22. The van der Waals surface area contributed by atoms with Crippen LogP contribution in [0.5, 0.6) is 0 Å². The lowest BCUT2D eigenvalue weighted by atomic mass is 10.1. The van der Waals surface area contributed by atoms with E-state index in [2.05, 4.69) is 5.87 Å². The lowest BCUT2D eigenvalue weighted by Crippen LogP contribution is -2.31. The Bertz CT molecular complexity index is 627. The number of likely N-dealkylation sites (N-methyl/N-ethyl adjacent to an activating group) is 1. The summed E-state index contributed by atoms with van der Waals surface area (Å²) in [6.45, 7) is 0.737. The number of methoxy groups -OCH3 is 1. The van der Waals surface area contributed by atoms with Gasteiger partial charge in [-0.15, -0.1) is 0 Å². The molecular weight excluding hydrogens is 304 g/mol. The monoisotopic (exact) mass is 326 g/mol. The number of benzene rings is 1. The fraction of sp³-hybridized carbons (Fsp3) is 0.467. The van der Waals surface area contributed by atoms with Crippen LogP contribution in [0, 0.1) is 0 Å². The first-order valence-electron chi connectivity index (χ1n) is 6.97. The highest BCUT2D eigenvalue weighted by Gasteiger charge is 2.26. The second-order valence-corrected chi connectivity index (χ2v) is 7.55. The molecule has 0 aliphatic carbocycles. The summed E-state index contributed by atoms with van der Waals surface area (Å²) in [5.74, 6) is 4.14. The van der Waals surface area contributed by atoms with Gasteiger partial charge in [-0.2, -0.15) is 0 Å². The first-order chi connectivity index (χ1) is 10.4. The molecule has 1 amide bonds. The third-order valence-electron chi connectivity index (χ3n) is 3.75. The largest absolute Gasteiger partial charge is 0.367 e. The van der Waals surface area contributed by atoms with E-state index in [1.54, 1.807) is 12.1 Å². The third-order valence-corrected chi connectivity index (χ3v) is 5.88. The molecule has 2 unspecified atom stereocenters. The molecule has 0 bridgehead atoms. The Morgan fingerprint density at radius 1 is 1.36 bits per heavy atom. The van der Waals surface area contributed by atoms with Crippen LogP contribution in [0.2, 0.25) is 0 Å². The number of carbonyl (C=O) groups excluding carboxylic acids is 1. The van der Waals surface area contributed by atoms with Crippen molar-refractivity contribution in [2.75, 3.05) is 37.9 Å². The van der Waals surface area contributed by atoms with Gasteiger partial charge in [0.05, 0.1) is 7.11 Å². The molecule has 6 nitrogen and oxygen atoms in total. The fourth-order valence-corrected chi connectivity index (χ4v) is 4.25. The van der Waals surface area contributed by atoms with Gasteiger partial charge >= 0.3 is 0 Å². The molecule has 2 atom stereocenters. The standard InChI is InChI=1S/C15H22N2O4S/c1-16(21-3)15(18)14(20-2)12-6-8-13(9-7-12)17-10-5-11-22(17,4)19/h6-9,14H,4-5,10-11H2,1-3H3. The number of ether oxygens (including phenoxy) is 1. The summed E-state index contributed by atoms with van der Waals surface area (Å²) in [5, 5.41) is 1.13. The second kappa shape index (κ2) is 6.68. The molecule has 1 aliphatic heterocycles. The fourth-order valence-electron chi connectivity index (χ4n) is 2.48. The molecule has 0 N–H and O–H groups in total. The van der Waals surface area contributed by atoms with E-state index in [9.17, 15) is 9.00 Å². The lowest BCUT2D eigenvalue weighted by molar-refractivity contribution is -0.179. The summed E-state index contributed by atoms with van der Waals surface area (Å²) in [5.41, 5.74) is 1.57. The normalized spacial score (nSPS) is 22.6. The zero-order valence-corrected chi connectivity index (χ0v) is 14.0. The van der Waals surface area contributed by atoms with Crippen molar-refractivity contribution in [1.29, 1.82) is 0 Å². The van der Waals surface area contributed by atoms with Crippen LogP contribution in [-0.2, 0) is 24.1 Å². The van der Waals surface area contributed by atoms with E-state index in [0.717, 1.165) is 29.3 Å². The number of amides is 1.